The van der Waals surface area contributed by atoms with Gasteiger partial charge in [-0.2, -0.15) is 0 Å². The predicted molar refractivity (Wildman–Crippen MR) is 143 cm³/mol. The summed E-state index contributed by atoms with van der Waals surface area (Å²) in [7, 11) is 0. The van der Waals surface area contributed by atoms with Crippen molar-refractivity contribution in [2.75, 3.05) is 6.61 Å². The number of aliphatic hydroxyl groups is 6. The first-order valence-corrected chi connectivity index (χ1v) is 12.4. The summed E-state index contributed by atoms with van der Waals surface area (Å²) in [5, 5.41) is 66.3. The van der Waals surface area contributed by atoms with Crippen molar-refractivity contribution in [3.8, 4) is 0 Å². The van der Waals surface area contributed by atoms with Crippen molar-refractivity contribution in [1.82, 2.24) is 0 Å². The fourth-order valence-electron chi connectivity index (χ4n) is 5.17. The van der Waals surface area contributed by atoms with E-state index in [1.807, 2.05) is 65.8 Å². The summed E-state index contributed by atoms with van der Waals surface area (Å²) in [4.78, 5) is 0. The zero-order valence-corrected chi connectivity index (χ0v) is 22.8. The maximum atomic E-state index is 11.9. The van der Waals surface area contributed by atoms with Gasteiger partial charge >= 0.3 is 0 Å². The summed E-state index contributed by atoms with van der Waals surface area (Å²) in [6.45, 7) is 16.6. The van der Waals surface area contributed by atoms with Crippen LogP contribution in [0.25, 0.3) is 0 Å². The van der Waals surface area contributed by atoms with Gasteiger partial charge in [0.05, 0.1) is 6.61 Å². The van der Waals surface area contributed by atoms with Crippen molar-refractivity contribution >= 4 is 0 Å². The molecule has 0 saturated heterocycles. The number of aryl methyl sites for hydroxylation is 4. The monoisotopic (exact) mass is 500 g/mol. The number of benzene rings is 2. The minimum absolute atomic E-state index is 0.0147. The van der Waals surface area contributed by atoms with Gasteiger partial charge in [-0.3, -0.25) is 0 Å². The van der Waals surface area contributed by atoms with E-state index in [1.54, 1.807) is 6.92 Å². The lowest BCUT2D eigenvalue weighted by Gasteiger charge is -2.46. The molecule has 0 radical (unpaired) electrons. The minimum atomic E-state index is -2.38. The second kappa shape index (κ2) is 11.5. The SMILES string of the molecule is C=C(C)CC(O)(Cc1cc(C)c(C)c(C)c1)[C@@H](O)[C@@](O)(Cc1cc(C)c(C)c(C)c1)[C@H](O)[C@@H](O)CO. The molecule has 0 aliphatic rings. The standard InChI is InChI=1S/C30H44O6/c1-17(2)13-29(35,14-24-9-18(3)22(7)19(4)10-24)28(34)30(36,27(33)26(32)16-31)15-25-11-20(5)23(8)21(6)12-25/h9-12,26-28,31-36H,1,13-16H2,2-8H3/t26-,27+,28+,29?,30+/m0/s1. The minimum Gasteiger partial charge on any atom is -0.394 e. The molecule has 6 heteroatoms. The van der Waals surface area contributed by atoms with Crippen LogP contribution in [0.3, 0.4) is 0 Å². The molecule has 0 aliphatic heterocycles. The van der Waals surface area contributed by atoms with Crippen molar-refractivity contribution in [2.45, 2.75) is 97.2 Å². The van der Waals surface area contributed by atoms with Gasteiger partial charge in [0.25, 0.3) is 0 Å². The van der Waals surface area contributed by atoms with Crippen molar-refractivity contribution in [3.63, 3.8) is 0 Å². The second-order valence-electron chi connectivity index (χ2n) is 10.9. The smallest absolute Gasteiger partial charge is 0.126 e. The zero-order valence-electron chi connectivity index (χ0n) is 22.8. The number of rotatable bonds is 11. The van der Waals surface area contributed by atoms with Crippen LogP contribution < -0.4 is 0 Å². The lowest BCUT2D eigenvalue weighted by atomic mass is 9.70. The molecule has 200 valence electrons. The van der Waals surface area contributed by atoms with Crippen LogP contribution in [0.4, 0.5) is 0 Å². The summed E-state index contributed by atoms with van der Waals surface area (Å²) in [6, 6.07) is 7.57. The second-order valence-corrected chi connectivity index (χ2v) is 10.9. The van der Waals surface area contributed by atoms with Gasteiger partial charge in [-0.25, -0.2) is 0 Å². The molecule has 36 heavy (non-hydrogen) atoms. The molecule has 2 aromatic rings. The average molecular weight is 501 g/mol. The molecule has 0 amide bonds. The Morgan fingerprint density at radius 2 is 1.17 bits per heavy atom. The van der Waals surface area contributed by atoms with Crippen molar-refractivity contribution < 1.29 is 30.6 Å². The van der Waals surface area contributed by atoms with E-state index in [1.165, 1.54) is 0 Å². The van der Waals surface area contributed by atoms with Crippen LogP contribution in [0, 0.1) is 41.5 Å². The molecule has 0 fully saturated rings. The normalized spacial score (nSPS) is 17.7. The highest BCUT2D eigenvalue weighted by atomic mass is 16.4. The summed E-state index contributed by atoms with van der Waals surface area (Å²) < 4.78 is 0. The van der Waals surface area contributed by atoms with Gasteiger partial charge in [0.2, 0.25) is 0 Å². The third-order valence-corrected chi connectivity index (χ3v) is 7.63. The van der Waals surface area contributed by atoms with Crippen LogP contribution in [-0.2, 0) is 12.8 Å². The molecule has 0 spiro atoms. The highest BCUT2D eigenvalue weighted by Gasteiger charge is 2.54. The molecule has 2 aromatic carbocycles. The summed E-state index contributed by atoms with van der Waals surface area (Å²) in [5.74, 6) is 0. The van der Waals surface area contributed by atoms with Crippen LogP contribution in [-0.4, -0.2) is 66.8 Å². The molecule has 0 bridgehead atoms. The molecule has 5 atom stereocenters. The first-order chi connectivity index (χ1) is 16.6. The van der Waals surface area contributed by atoms with E-state index in [0.29, 0.717) is 11.1 Å². The van der Waals surface area contributed by atoms with Gasteiger partial charge in [0.1, 0.15) is 29.5 Å². The summed E-state index contributed by atoms with van der Waals surface area (Å²) in [6.07, 6.45) is -5.86. The van der Waals surface area contributed by atoms with Crippen LogP contribution in [0.5, 0.6) is 0 Å². The Labute approximate surface area is 215 Å². The predicted octanol–water partition coefficient (Wildman–Crippen LogP) is 2.83. The molecule has 0 heterocycles. The van der Waals surface area contributed by atoms with E-state index in [9.17, 15) is 30.6 Å². The van der Waals surface area contributed by atoms with Crippen molar-refractivity contribution in [2.24, 2.45) is 0 Å². The first-order valence-electron chi connectivity index (χ1n) is 12.4. The Balaban J connectivity index is 2.64. The zero-order chi connectivity index (χ0) is 27.6. The van der Waals surface area contributed by atoms with E-state index in [4.69, 9.17) is 0 Å². The molecule has 1 unspecified atom stereocenters. The van der Waals surface area contributed by atoms with Gasteiger partial charge in [-0.15, -0.1) is 6.58 Å². The van der Waals surface area contributed by atoms with Gasteiger partial charge in [-0.05, 0) is 99.4 Å². The molecule has 0 aromatic heterocycles. The Bertz CT molecular complexity index is 1050. The van der Waals surface area contributed by atoms with Crippen molar-refractivity contribution in [1.29, 1.82) is 0 Å². The number of aliphatic hydroxyl groups excluding tert-OH is 4. The molecule has 2 rings (SSSR count). The molecule has 6 nitrogen and oxygen atoms in total. The maximum absolute atomic E-state index is 11.9. The van der Waals surface area contributed by atoms with E-state index in [0.717, 1.165) is 38.9 Å². The third kappa shape index (κ3) is 6.43. The van der Waals surface area contributed by atoms with Crippen LogP contribution in [0.2, 0.25) is 0 Å². The quantitative estimate of drug-likeness (QED) is 0.264. The fraction of sp³-hybridized carbons (Fsp3) is 0.533. The maximum Gasteiger partial charge on any atom is 0.126 e. The summed E-state index contributed by atoms with van der Waals surface area (Å²) >= 11 is 0. The van der Waals surface area contributed by atoms with Crippen LogP contribution >= 0.6 is 0 Å². The van der Waals surface area contributed by atoms with E-state index in [-0.39, 0.29) is 19.3 Å². The van der Waals surface area contributed by atoms with Gasteiger partial charge in [-0.1, -0.05) is 29.8 Å². The summed E-state index contributed by atoms with van der Waals surface area (Å²) in [5.41, 5.74) is 3.91. The van der Waals surface area contributed by atoms with Crippen molar-refractivity contribution in [3.05, 3.63) is 80.9 Å². The van der Waals surface area contributed by atoms with Gasteiger partial charge in [0.15, 0.2) is 0 Å². The van der Waals surface area contributed by atoms with Gasteiger partial charge < -0.3 is 30.6 Å². The van der Waals surface area contributed by atoms with Crippen LogP contribution in [0.1, 0.15) is 57.9 Å². The largest absolute Gasteiger partial charge is 0.394 e. The molecular weight excluding hydrogens is 456 g/mol. The highest BCUT2D eigenvalue weighted by molar-refractivity contribution is 5.39. The topological polar surface area (TPSA) is 121 Å². The third-order valence-electron chi connectivity index (χ3n) is 7.63. The lowest BCUT2D eigenvalue weighted by molar-refractivity contribution is -0.228. The van der Waals surface area contributed by atoms with Gasteiger partial charge in [0, 0.05) is 12.8 Å². The fourth-order valence-corrected chi connectivity index (χ4v) is 5.17. The van der Waals surface area contributed by atoms with Crippen LogP contribution in [0.15, 0.2) is 36.4 Å². The number of hydrogen-bond acceptors (Lipinski definition) is 6. The molecule has 0 saturated carbocycles. The number of hydrogen-bond donors (Lipinski definition) is 6. The first kappa shape index (κ1) is 30.2. The van der Waals surface area contributed by atoms with E-state index in [2.05, 4.69) is 6.58 Å². The Morgan fingerprint density at radius 1 is 0.778 bits per heavy atom. The average Bonchev–Trinajstić information content (AvgIpc) is 2.78. The Kier molecular flexibility index (Phi) is 9.68. The Hall–Kier alpha value is -2.06. The van der Waals surface area contributed by atoms with E-state index < -0.39 is 36.1 Å². The molecular formula is C30H44O6. The molecule has 6 N–H and O–H groups in total. The lowest BCUT2D eigenvalue weighted by Crippen LogP contribution is -2.66. The van der Waals surface area contributed by atoms with E-state index >= 15 is 0 Å². The molecule has 0 aliphatic carbocycles. The Morgan fingerprint density at radius 3 is 1.53 bits per heavy atom. The highest BCUT2D eigenvalue weighted by Crippen LogP contribution is 2.36.